The number of allylic oxidation sites excluding steroid dienone is 1. The molecule has 1 aromatic rings. The molecule has 1 heterocycles. The molecule has 19 heavy (non-hydrogen) atoms. The van der Waals surface area contributed by atoms with Gasteiger partial charge in [0.1, 0.15) is 5.75 Å². The van der Waals surface area contributed by atoms with Gasteiger partial charge in [-0.2, -0.15) is 0 Å². The van der Waals surface area contributed by atoms with E-state index < -0.39 is 13.0 Å². The lowest BCUT2D eigenvalue weighted by Crippen LogP contribution is -2.40. The molecule has 1 aliphatic rings. The van der Waals surface area contributed by atoms with Crippen LogP contribution in [0.25, 0.3) is 5.70 Å². The summed E-state index contributed by atoms with van der Waals surface area (Å²) in [4.78, 5) is 13.1. The van der Waals surface area contributed by atoms with Crippen LogP contribution in [0.1, 0.15) is 12.0 Å². The largest absolute Gasteiger partial charge is 0.508 e. The highest BCUT2D eigenvalue weighted by Crippen LogP contribution is 2.30. The van der Waals surface area contributed by atoms with E-state index in [9.17, 15) is 18.7 Å². The second-order valence-electron chi connectivity index (χ2n) is 4.18. The average Bonchev–Trinajstić information content (AvgIpc) is 2.36. The Labute approximate surface area is 123 Å². The van der Waals surface area contributed by atoms with Crippen molar-refractivity contribution in [2.45, 2.75) is 16.8 Å². The molecule has 3 nitrogen and oxygen atoms in total. The van der Waals surface area contributed by atoms with Crippen molar-refractivity contribution in [1.29, 1.82) is 0 Å². The summed E-state index contributed by atoms with van der Waals surface area (Å²) < 4.78 is 24.9. The van der Waals surface area contributed by atoms with E-state index in [0.29, 0.717) is 17.7 Å². The van der Waals surface area contributed by atoms with E-state index in [2.05, 4.69) is 0 Å². The van der Waals surface area contributed by atoms with E-state index in [1.165, 1.54) is 12.1 Å². The quantitative estimate of drug-likeness (QED) is 0.648. The van der Waals surface area contributed by atoms with E-state index in [0.717, 1.165) is 4.90 Å². The van der Waals surface area contributed by atoms with Gasteiger partial charge in [0, 0.05) is 5.70 Å². The predicted octanol–water partition coefficient (Wildman–Crippen LogP) is 3.03. The minimum Gasteiger partial charge on any atom is -0.508 e. The third-order valence-electron chi connectivity index (χ3n) is 2.83. The minimum absolute atomic E-state index is 0.0960. The van der Waals surface area contributed by atoms with Crippen molar-refractivity contribution >= 4 is 34.2 Å². The van der Waals surface area contributed by atoms with E-state index in [1.54, 1.807) is 18.2 Å². The third-order valence-corrected chi connectivity index (χ3v) is 3.87. The number of phenols is 1. The zero-order valence-electron chi connectivity index (χ0n) is 9.89. The summed E-state index contributed by atoms with van der Waals surface area (Å²) in [5.74, 6) is -0.204. The van der Waals surface area contributed by atoms with Crippen LogP contribution in [0.5, 0.6) is 5.75 Å². The number of rotatable bonds is 3. The van der Waals surface area contributed by atoms with Gasteiger partial charge in [-0.25, -0.2) is 8.78 Å². The maximum absolute atomic E-state index is 12.6. The number of halogens is 3. The number of carbonyl (C=O) groups is 1. The van der Waals surface area contributed by atoms with Gasteiger partial charge < -0.3 is 10.0 Å². The van der Waals surface area contributed by atoms with Gasteiger partial charge in [0.05, 0.1) is 10.5 Å². The molecule has 102 valence electrons. The third kappa shape index (κ3) is 3.23. The van der Waals surface area contributed by atoms with Gasteiger partial charge in [-0.1, -0.05) is 28.7 Å². The molecule has 0 fully saturated rings. The van der Waals surface area contributed by atoms with Crippen LogP contribution in [-0.4, -0.2) is 32.8 Å². The number of benzene rings is 1. The molecule has 0 saturated heterocycles. The van der Waals surface area contributed by atoms with Gasteiger partial charge in [-0.05, 0) is 36.2 Å². The molecule has 1 N–H and O–H groups in total. The summed E-state index contributed by atoms with van der Waals surface area (Å²) in [6.07, 6.45) is -0.269. The van der Waals surface area contributed by atoms with Crippen molar-refractivity contribution in [2.24, 2.45) is 0 Å². The lowest BCUT2D eigenvalue weighted by atomic mass is 10.0. The molecular formula is C13H12F2INO2. The summed E-state index contributed by atoms with van der Waals surface area (Å²) in [6.45, 7) is -0.606. The fourth-order valence-corrected chi connectivity index (χ4v) is 2.54. The number of alkyl halides is 3. The fourth-order valence-electron chi connectivity index (χ4n) is 1.95. The Balaban J connectivity index is 2.34. The fraction of sp³-hybridized carbons (Fsp3) is 0.308. The number of nitrogens with zero attached hydrogens (tertiary/aromatic N) is 1. The molecule has 0 radical (unpaired) electrons. The molecule has 0 bridgehead atoms. The molecule has 0 aliphatic carbocycles. The molecule has 1 unspecified atom stereocenters. The van der Waals surface area contributed by atoms with Crippen LogP contribution in [0.15, 0.2) is 30.3 Å². The summed E-state index contributed by atoms with van der Waals surface area (Å²) in [5, 5.41) is 9.24. The van der Waals surface area contributed by atoms with Crippen LogP contribution in [-0.2, 0) is 4.79 Å². The highest BCUT2D eigenvalue weighted by Gasteiger charge is 2.31. The second-order valence-corrected chi connectivity index (χ2v) is 5.68. The van der Waals surface area contributed by atoms with Crippen molar-refractivity contribution in [3.8, 4) is 5.75 Å². The first-order valence-electron chi connectivity index (χ1n) is 5.72. The van der Waals surface area contributed by atoms with E-state index in [4.69, 9.17) is 0 Å². The molecule has 2 rings (SSSR count). The maximum atomic E-state index is 12.6. The highest BCUT2D eigenvalue weighted by atomic mass is 127. The second kappa shape index (κ2) is 5.85. The van der Waals surface area contributed by atoms with Crippen molar-refractivity contribution in [1.82, 2.24) is 4.90 Å². The first-order chi connectivity index (χ1) is 8.99. The van der Waals surface area contributed by atoms with E-state index >= 15 is 0 Å². The van der Waals surface area contributed by atoms with Crippen molar-refractivity contribution in [2.75, 3.05) is 6.54 Å². The number of amides is 1. The average molecular weight is 379 g/mol. The number of hydrogen-bond donors (Lipinski definition) is 1. The number of carbonyl (C=O) groups excluding carboxylic acids is 1. The van der Waals surface area contributed by atoms with Crippen LogP contribution in [0.3, 0.4) is 0 Å². The molecule has 6 heteroatoms. The molecule has 1 aromatic carbocycles. The number of phenolic OH excluding ortho intramolecular Hbond substituents is 1. The minimum atomic E-state index is -2.58. The molecule has 1 atom stereocenters. The molecule has 1 amide bonds. The lowest BCUT2D eigenvalue weighted by molar-refractivity contribution is -0.128. The highest BCUT2D eigenvalue weighted by molar-refractivity contribution is 14.1. The van der Waals surface area contributed by atoms with Crippen LogP contribution in [0.4, 0.5) is 8.78 Å². The Morgan fingerprint density at radius 3 is 2.58 bits per heavy atom. The lowest BCUT2D eigenvalue weighted by Gasteiger charge is -2.31. The van der Waals surface area contributed by atoms with Gasteiger partial charge in [-0.3, -0.25) is 4.79 Å². The molecule has 0 aromatic heterocycles. The van der Waals surface area contributed by atoms with Crippen LogP contribution in [0.2, 0.25) is 0 Å². The Bertz CT molecular complexity index is 502. The number of hydrogen-bond acceptors (Lipinski definition) is 2. The Morgan fingerprint density at radius 1 is 1.37 bits per heavy atom. The molecule has 0 spiro atoms. The maximum Gasteiger partial charge on any atom is 0.256 e. The molecular weight excluding hydrogens is 367 g/mol. The monoisotopic (exact) mass is 379 g/mol. The first-order valence-corrected chi connectivity index (χ1v) is 6.96. The Morgan fingerprint density at radius 2 is 2.00 bits per heavy atom. The zero-order valence-corrected chi connectivity index (χ0v) is 12.0. The summed E-state index contributed by atoms with van der Waals surface area (Å²) in [5.41, 5.74) is 1.13. The topological polar surface area (TPSA) is 40.5 Å². The Kier molecular flexibility index (Phi) is 4.38. The summed E-state index contributed by atoms with van der Waals surface area (Å²) >= 11 is 1.96. The van der Waals surface area contributed by atoms with E-state index in [1.807, 2.05) is 22.6 Å². The first kappa shape index (κ1) is 14.2. The molecule has 0 saturated carbocycles. The van der Waals surface area contributed by atoms with Crippen molar-refractivity contribution < 1.29 is 18.7 Å². The van der Waals surface area contributed by atoms with E-state index in [-0.39, 0.29) is 15.6 Å². The van der Waals surface area contributed by atoms with Crippen LogP contribution < -0.4 is 0 Å². The van der Waals surface area contributed by atoms with Crippen LogP contribution in [0, 0.1) is 0 Å². The van der Waals surface area contributed by atoms with Crippen molar-refractivity contribution in [3.05, 3.63) is 35.9 Å². The zero-order chi connectivity index (χ0) is 14.0. The number of aromatic hydroxyl groups is 1. The van der Waals surface area contributed by atoms with Crippen molar-refractivity contribution in [3.63, 3.8) is 0 Å². The van der Waals surface area contributed by atoms with Crippen LogP contribution >= 0.6 is 22.6 Å². The van der Waals surface area contributed by atoms with Gasteiger partial charge in [0.25, 0.3) is 6.43 Å². The summed E-state index contributed by atoms with van der Waals surface area (Å²) in [7, 11) is 0. The van der Waals surface area contributed by atoms with Gasteiger partial charge in [-0.15, -0.1) is 0 Å². The van der Waals surface area contributed by atoms with Gasteiger partial charge in [0.2, 0.25) is 5.91 Å². The normalized spacial score (nSPS) is 19.8. The SMILES string of the molecule is O=C1C(I)CC=C(c2ccc(O)cc2)N1CC(F)F. The predicted molar refractivity (Wildman–Crippen MR) is 76.2 cm³/mol. The van der Waals surface area contributed by atoms with Gasteiger partial charge >= 0.3 is 0 Å². The van der Waals surface area contributed by atoms with Gasteiger partial charge in [0.15, 0.2) is 0 Å². The standard InChI is InChI=1S/C13H12F2INO2/c14-12(15)7-17-11(6-5-10(16)13(17)19)8-1-3-9(18)4-2-8/h1-4,6,10,12,18H,5,7H2. The summed E-state index contributed by atoms with van der Waals surface area (Å²) in [6, 6.07) is 6.16. The Hall–Kier alpha value is -1.18. The smallest absolute Gasteiger partial charge is 0.256 e. The molecule has 1 aliphatic heterocycles.